The largest absolute Gasteiger partial charge is 0.364 e. The van der Waals surface area contributed by atoms with E-state index in [0.29, 0.717) is 0 Å². The zero-order valence-corrected chi connectivity index (χ0v) is 12.8. The van der Waals surface area contributed by atoms with Gasteiger partial charge in [-0.1, -0.05) is 24.3 Å². The van der Waals surface area contributed by atoms with Gasteiger partial charge >= 0.3 is 0 Å². The lowest BCUT2D eigenvalue weighted by molar-refractivity contribution is 0.797. The van der Waals surface area contributed by atoms with Gasteiger partial charge in [-0.25, -0.2) is 4.98 Å². The van der Waals surface area contributed by atoms with Crippen molar-refractivity contribution < 1.29 is 0 Å². The molecule has 0 fully saturated rings. The van der Waals surface area contributed by atoms with Crippen molar-refractivity contribution in [3.8, 4) is 0 Å². The molecule has 2 heterocycles. The maximum absolute atomic E-state index is 4.15. The van der Waals surface area contributed by atoms with Crippen LogP contribution in [0, 0.1) is 13.8 Å². The van der Waals surface area contributed by atoms with Crippen molar-refractivity contribution in [2.45, 2.75) is 26.9 Å². The Morgan fingerprint density at radius 1 is 1.05 bits per heavy atom. The van der Waals surface area contributed by atoms with Crippen LogP contribution in [0.3, 0.4) is 0 Å². The quantitative estimate of drug-likeness (QED) is 0.786. The van der Waals surface area contributed by atoms with Crippen LogP contribution >= 0.6 is 0 Å². The van der Waals surface area contributed by atoms with Crippen molar-refractivity contribution in [1.82, 2.24) is 19.7 Å². The number of hydrogen-bond donors (Lipinski definition) is 1. The second-order valence-electron chi connectivity index (χ2n) is 5.40. The number of rotatable bonds is 5. The highest BCUT2D eigenvalue weighted by atomic mass is 15.2. The van der Waals surface area contributed by atoms with E-state index in [1.165, 1.54) is 11.1 Å². The molecule has 0 atom stereocenters. The van der Waals surface area contributed by atoms with Gasteiger partial charge in [-0.15, -0.1) is 5.10 Å². The lowest BCUT2D eigenvalue weighted by Crippen LogP contribution is -2.04. The monoisotopic (exact) mass is 293 g/mol. The molecule has 0 saturated heterocycles. The Hall–Kier alpha value is -2.69. The van der Waals surface area contributed by atoms with E-state index in [0.717, 1.165) is 30.2 Å². The average Bonchev–Trinajstić information content (AvgIpc) is 3.03. The van der Waals surface area contributed by atoms with Crippen LogP contribution in [0.2, 0.25) is 0 Å². The van der Waals surface area contributed by atoms with Crippen molar-refractivity contribution in [3.63, 3.8) is 0 Å². The standard InChI is InChI=1S/C17H19N5/c1-13-9-17(21-20-14(13)2)19-10-15-3-5-16(6-4-15)11-22-8-7-18-12-22/h3-9,12H,10-11H2,1-2H3,(H,19,21). The molecule has 112 valence electrons. The molecule has 1 aromatic carbocycles. The first-order chi connectivity index (χ1) is 10.7. The summed E-state index contributed by atoms with van der Waals surface area (Å²) in [5.41, 5.74) is 4.59. The normalized spacial score (nSPS) is 10.6. The van der Waals surface area contributed by atoms with Gasteiger partial charge in [-0.05, 0) is 36.6 Å². The summed E-state index contributed by atoms with van der Waals surface area (Å²) in [6.07, 6.45) is 5.59. The summed E-state index contributed by atoms with van der Waals surface area (Å²) < 4.78 is 2.05. The molecule has 0 bridgehead atoms. The number of aryl methyl sites for hydroxylation is 2. The van der Waals surface area contributed by atoms with E-state index in [-0.39, 0.29) is 0 Å². The average molecular weight is 293 g/mol. The molecule has 0 saturated carbocycles. The minimum absolute atomic E-state index is 0.739. The molecule has 22 heavy (non-hydrogen) atoms. The van der Waals surface area contributed by atoms with Crippen molar-refractivity contribution in [3.05, 3.63) is 71.4 Å². The van der Waals surface area contributed by atoms with Crippen molar-refractivity contribution in [1.29, 1.82) is 0 Å². The summed E-state index contributed by atoms with van der Waals surface area (Å²) in [6, 6.07) is 10.6. The lowest BCUT2D eigenvalue weighted by atomic mass is 10.1. The van der Waals surface area contributed by atoms with Gasteiger partial charge in [0.05, 0.1) is 12.0 Å². The van der Waals surface area contributed by atoms with Gasteiger partial charge in [0.2, 0.25) is 0 Å². The summed E-state index contributed by atoms with van der Waals surface area (Å²) in [4.78, 5) is 4.05. The van der Waals surface area contributed by atoms with Gasteiger partial charge < -0.3 is 9.88 Å². The fourth-order valence-electron chi connectivity index (χ4n) is 2.18. The van der Waals surface area contributed by atoms with Crippen LogP contribution in [0.4, 0.5) is 5.82 Å². The fraction of sp³-hybridized carbons (Fsp3) is 0.235. The highest BCUT2D eigenvalue weighted by Crippen LogP contribution is 2.11. The molecule has 5 heteroatoms. The van der Waals surface area contributed by atoms with Crippen LogP contribution in [0.5, 0.6) is 0 Å². The molecule has 0 aliphatic heterocycles. The van der Waals surface area contributed by atoms with Crippen LogP contribution in [0.1, 0.15) is 22.4 Å². The van der Waals surface area contributed by atoms with E-state index >= 15 is 0 Å². The van der Waals surface area contributed by atoms with Crippen molar-refractivity contribution in [2.75, 3.05) is 5.32 Å². The molecular weight excluding hydrogens is 274 g/mol. The number of benzene rings is 1. The van der Waals surface area contributed by atoms with Crippen LogP contribution in [0.25, 0.3) is 0 Å². The second-order valence-corrected chi connectivity index (χ2v) is 5.40. The highest BCUT2D eigenvalue weighted by molar-refractivity contribution is 5.38. The van der Waals surface area contributed by atoms with E-state index in [1.807, 2.05) is 32.4 Å². The first-order valence-corrected chi connectivity index (χ1v) is 7.29. The number of imidazole rings is 1. The van der Waals surface area contributed by atoms with E-state index in [9.17, 15) is 0 Å². The van der Waals surface area contributed by atoms with E-state index in [4.69, 9.17) is 0 Å². The second kappa shape index (κ2) is 6.39. The molecule has 0 aliphatic carbocycles. The molecule has 2 aromatic heterocycles. The number of aromatic nitrogens is 4. The Bertz CT molecular complexity index is 732. The molecule has 0 radical (unpaired) electrons. The number of nitrogens with one attached hydrogen (secondary N) is 1. The summed E-state index contributed by atoms with van der Waals surface area (Å²) in [6.45, 7) is 5.59. The molecular formula is C17H19N5. The van der Waals surface area contributed by atoms with Gasteiger partial charge in [0.1, 0.15) is 5.82 Å². The zero-order valence-electron chi connectivity index (χ0n) is 12.8. The number of hydrogen-bond acceptors (Lipinski definition) is 4. The van der Waals surface area contributed by atoms with Crippen LogP contribution in [0.15, 0.2) is 49.1 Å². The van der Waals surface area contributed by atoms with Gasteiger partial charge in [0.15, 0.2) is 0 Å². The third-order valence-corrected chi connectivity index (χ3v) is 3.65. The molecule has 0 spiro atoms. The van der Waals surface area contributed by atoms with E-state index in [1.54, 1.807) is 6.20 Å². The summed E-state index contributed by atoms with van der Waals surface area (Å²) in [5, 5.41) is 11.6. The lowest BCUT2D eigenvalue weighted by Gasteiger charge is -2.08. The molecule has 3 aromatic rings. The number of nitrogens with zero attached hydrogens (tertiary/aromatic N) is 4. The molecule has 0 aliphatic rings. The molecule has 3 rings (SSSR count). The van der Waals surface area contributed by atoms with E-state index < -0.39 is 0 Å². The third kappa shape index (κ3) is 3.49. The Kier molecular flexibility index (Phi) is 4.14. The SMILES string of the molecule is Cc1cc(NCc2ccc(Cn3ccnc3)cc2)nnc1C. The Labute approximate surface area is 130 Å². The minimum Gasteiger partial charge on any atom is -0.364 e. The zero-order chi connectivity index (χ0) is 15.4. The molecule has 0 unspecified atom stereocenters. The van der Waals surface area contributed by atoms with Crippen molar-refractivity contribution in [2.24, 2.45) is 0 Å². The van der Waals surface area contributed by atoms with Crippen LogP contribution in [-0.2, 0) is 13.1 Å². The summed E-state index contributed by atoms with van der Waals surface area (Å²) >= 11 is 0. The van der Waals surface area contributed by atoms with Gasteiger partial charge in [0.25, 0.3) is 0 Å². The number of anilines is 1. The first-order valence-electron chi connectivity index (χ1n) is 7.29. The van der Waals surface area contributed by atoms with Gasteiger partial charge in [0, 0.05) is 25.5 Å². The maximum atomic E-state index is 4.15. The Balaban J connectivity index is 1.60. The smallest absolute Gasteiger partial charge is 0.149 e. The van der Waals surface area contributed by atoms with Crippen LogP contribution in [-0.4, -0.2) is 19.7 Å². The Morgan fingerprint density at radius 3 is 2.50 bits per heavy atom. The fourth-order valence-corrected chi connectivity index (χ4v) is 2.18. The third-order valence-electron chi connectivity index (χ3n) is 3.65. The summed E-state index contributed by atoms with van der Waals surface area (Å²) in [7, 11) is 0. The summed E-state index contributed by atoms with van der Waals surface area (Å²) in [5.74, 6) is 0.811. The molecule has 0 amide bonds. The highest BCUT2D eigenvalue weighted by Gasteiger charge is 2.00. The van der Waals surface area contributed by atoms with Gasteiger partial charge in [-0.3, -0.25) is 0 Å². The van der Waals surface area contributed by atoms with Crippen molar-refractivity contribution >= 4 is 5.82 Å². The molecule has 5 nitrogen and oxygen atoms in total. The Morgan fingerprint density at radius 2 is 1.82 bits per heavy atom. The topological polar surface area (TPSA) is 55.6 Å². The first kappa shape index (κ1) is 14.3. The predicted octanol–water partition coefficient (Wildman–Crippen LogP) is 2.95. The predicted molar refractivity (Wildman–Crippen MR) is 86.6 cm³/mol. The van der Waals surface area contributed by atoms with Gasteiger partial charge in [-0.2, -0.15) is 5.10 Å². The molecule has 1 N–H and O–H groups in total. The minimum atomic E-state index is 0.739. The van der Waals surface area contributed by atoms with E-state index in [2.05, 4.69) is 49.3 Å². The van der Waals surface area contributed by atoms with Crippen LogP contribution < -0.4 is 5.32 Å². The maximum Gasteiger partial charge on any atom is 0.149 e.